The highest BCUT2D eigenvalue weighted by Crippen LogP contribution is 2.10. The topological polar surface area (TPSA) is 66.9 Å². The molecule has 0 spiro atoms. The monoisotopic (exact) mass is 396 g/mol. The Morgan fingerprint density at radius 2 is 1.21 bits per heavy atom. The van der Waals surface area contributed by atoms with E-state index in [9.17, 15) is 14.4 Å². The first-order chi connectivity index (χ1) is 13.6. The van der Waals surface area contributed by atoms with Crippen LogP contribution in [-0.2, 0) is 19.1 Å². The third-order valence-electron chi connectivity index (χ3n) is 5.21. The molecule has 0 aromatic carbocycles. The van der Waals surface area contributed by atoms with E-state index in [1.54, 1.807) is 4.90 Å². The molecule has 6 heteroatoms. The van der Waals surface area contributed by atoms with Crippen LogP contribution in [0.3, 0.4) is 0 Å². The van der Waals surface area contributed by atoms with Gasteiger partial charge in [-0.25, -0.2) is 0 Å². The Labute approximate surface area is 171 Å². The van der Waals surface area contributed by atoms with Crippen molar-refractivity contribution in [1.29, 1.82) is 0 Å². The standard InChI is InChI=1S/C22H40N2O4/c1-3-5-7-9-11-13-15-24(16-14-12-10-8-6-4-2)20(25)17-23-18-21(26)28-22(27)19-23/h3-19H2,1-2H3. The molecule has 0 unspecified atom stereocenters. The van der Waals surface area contributed by atoms with Gasteiger partial charge in [0.05, 0.1) is 19.6 Å². The molecule has 1 aliphatic heterocycles. The van der Waals surface area contributed by atoms with E-state index in [0.717, 1.165) is 38.8 Å². The van der Waals surface area contributed by atoms with Gasteiger partial charge in [-0.15, -0.1) is 0 Å². The van der Waals surface area contributed by atoms with Crippen LogP contribution in [0.25, 0.3) is 0 Å². The molecule has 1 saturated heterocycles. The minimum atomic E-state index is -0.567. The van der Waals surface area contributed by atoms with Crippen molar-refractivity contribution in [2.75, 3.05) is 32.7 Å². The summed E-state index contributed by atoms with van der Waals surface area (Å²) in [5.74, 6) is -1.12. The summed E-state index contributed by atoms with van der Waals surface area (Å²) in [6.07, 6.45) is 14.3. The molecule has 1 rings (SSSR count). The lowest BCUT2D eigenvalue weighted by molar-refractivity contribution is -0.167. The lowest BCUT2D eigenvalue weighted by Crippen LogP contribution is -2.48. The summed E-state index contributed by atoms with van der Waals surface area (Å²) in [5, 5.41) is 0. The number of hydrogen-bond acceptors (Lipinski definition) is 5. The van der Waals surface area contributed by atoms with Gasteiger partial charge in [-0.2, -0.15) is 0 Å². The summed E-state index contributed by atoms with van der Waals surface area (Å²) in [6, 6.07) is 0. The number of ether oxygens (including phenoxy) is 1. The van der Waals surface area contributed by atoms with Gasteiger partial charge < -0.3 is 9.64 Å². The Morgan fingerprint density at radius 3 is 1.68 bits per heavy atom. The first-order valence-electron chi connectivity index (χ1n) is 11.3. The molecule has 6 nitrogen and oxygen atoms in total. The van der Waals surface area contributed by atoms with Crippen LogP contribution in [0.5, 0.6) is 0 Å². The SMILES string of the molecule is CCCCCCCCN(CCCCCCCC)C(=O)CN1CC(=O)OC(=O)C1. The second-order valence-corrected chi connectivity index (χ2v) is 7.91. The molecule has 0 radical (unpaired) electrons. The molecule has 28 heavy (non-hydrogen) atoms. The van der Waals surface area contributed by atoms with Crippen molar-refractivity contribution in [2.24, 2.45) is 0 Å². The van der Waals surface area contributed by atoms with Crippen LogP contribution in [-0.4, -0.2) is 60.4 Å². The molecule has 0 aromatic heterocycles. The molecule has 0 bridgehead atoms. The normalized spacial score (nSPS) is 14.9. The van der Waals surface area contributed by atoms with E-state index in [2.05, 4.69) is 18.6 Å². The zero-order valence-electron chi connectivity index (χ0n) is 18.0. The van der Waals surface area contributed by atoms with Crippen LogP contribution in [0.15, 0.2) is 0 Å². The summed E-state index contributed by atoms with van der Waals surface area (Å²) in [6.45, 7) is 6.10. The molecule has 0 N–H and O–H groups in total. The number of amides is 1. The molecule has 1 aliphatic rings. The Morgan fingerprint density at radius 1 is 0.786 bits per heavy atom. The molecule has 0 aromatic rings. The van der Waals surface area contributed by atoms with Crippen molar-refractivity contribution in [3.63, 3.8) is 0 Å². The number of nitrogens with zero attached hydrogens (tertiary/aromatic N) is 2. The van der Waals surface area contributed by atoms with Gasteiger partial charge in [0.2, 0.25) is 5.91 Å². The van der Waals surface area contributed by atoms with Crippen molar-refractivity contribution in [1.82, 2.24) is 9.80 Å². The van der Waals surface area contributed by atoms with Crippen LogP contribution in [0.2, 0.25) is 0 Å². The van der Waals surface area contributed by atoms with E-state index in [4.69, 9.17) is 0 Å². The highest BCUT2D eigenvalue weighted by molar-refractivity contribution is 5.91. The highest BCUT2D eigenvalue weighted by Gasteiger charge is 2.27. The largest absolute Gasteiger partial charge is 0.391 e. The Kier molecular flexibility index (Phi) is 13.6. The maximum atomic E-state index is 12.8. The number of rotatable bonds is 16. The van der Waals surface area contributed by atoms with Crippen molar-refractivity contribution in [3.05, 3.63) is 0 Å². The molecule has 162 valence electrons. The maximum Gasteiger partial charge on any atom is 0.327 e. The van der Waals surface area contributed by atoms with Crippen LogP contribution in [0.1, 0.15) is 90.9 Å². The second kappa shape index (κ2) is 15.5. The van der Waals surface area contributed by atoms with Crippen LogP contribution < -0.4 is 0 Å². The third-order valence-corrected chi connectivity index (χ3v) is 5.21. The fourth-order valence-corrected chi connectivity index (χ4v) is 3.54. The van der Waals surface area contributed by atoms with Gasteiger partial charge >= 0.3 is 11.9 Å². The summed E-state index contributed by atoms with van der Waals surface area (Å²) in [4.78, 5) is 39.1. The summed E-state index contributed by atoms with van der Waals surface area (Å²) in [7, 11) is 0. The Bertz CT molecular complexity index is 435. The number of hydrogen-bond donors (Lipinski definition) is 0. The smallest absolute Gasteiger partial charge is 0.327 e. The van der Waals surface area contributed by atoms with Crippen molar-refractivity contribution >= 4 is 17.8 Å². The zero-order valence-corrected chi connectivity index (χ0v) is 18.0. The Balaban J connectivity index is 2.41. The van der Waals surface area contributed by atoms with Crippen LogP contribution >= 0.6 is 0 Å². The number of unbranched alkanes of at least 4 members (excludes halogenated alkanes) is 10. The first-order valence-corrected chi connectivity index (χ1v) is 11.3. The first kappa shape index (κ1) is 24.6. The van der Waals surface area contributed by atoms with E-state index < -0.39 is 11.9 Å². The maximum absolute atomic E-state index is 12.8. The molecule has 1 fully saturated rings. The molecule has 0 aliphatic carbocycles. The number of carbonyl (C=O) groups excluding carboxylic acids is 3. The number of morpholine rings is 1. The number of esters is 2. The van der Waals surface area contributed by atoms with Gasteiger partial charge in [0.25, 0.3) is 0 Å². The minimum absolute atomic E-state index is 0.0132. The van der Waals surface area contributed by atoms with Crippen molar-refractivity contribution in [2.45, 2.75) is 90.9 Å². The van der Waals surface area contributed by atoms with Crippen LogP contribution in [0.4, 0.5) is 0 Å². The second-order valence-electron chi connectivity index (χ2n) is 7.91. The van der Waals surface area contributed by atoms with Crippen LogP contribution in [0, 0.1) is 0 Å². The number of carbonyl (C=O) groups is 3. The molecular formula is C22H40N2O4. The summed E-state index contributed by atoms with van der Waals surface area (Å²) in [5.41, 5.74) is 0. The van der Waals surface area contributed by atoms with E-state index in [-0.39, 0.29) is 25.5 Å². The molecule has 0 atom stereocenters. The average molecular weight is 397 g/mol. The summed E-state index contributed by atoms with van der Waals surface area (Å²) < 4.78 is 4.54. The van der Waals surface area contributed by atoms with Gasteiger partial charge in [0.15, 0.2) is 0 Å². The van der Waals surface area contributed by atoms with Crippen molar-refractivity contribution in [3.8, 4) is 0 Å². The third kappa shape index (κ3) is 11.4. The average Bonchev–Trinajstić information content (AvgIpc) is 2.64. The lowest BCUT2D eigenvalue weighted by Gasteiger charge is -2.28. The Hall–Kier alpha value is -1.43. The lowest BCUT2D eigenvalue weighted by atomic mass is 10.1. The highest BCUT2D eigenvalue weighted by atomic mass is 16.6. The van der Waals surface area contributed by atoms with Gasteiger partial charge in [0, 0.05) is 13.1 Å². The zero-order chi connectivity index (χ0) is 20.6. The molecule has 1 heterocycles. The molecule has 0 saturated carbocycles. The fourth-order valence-electron chi connectivity index (χ4n) is 3.54. The van der Waals surface area contributed by atoms with Gasteiger partial charge in [0.1, 0.15) is 0 Å². The van der Waals surface area contributed by atoms with E-state index in [1.807, 2.05) is 4.90 Å². The van der Waals surface area contributed by atoms with Gasteiger partial charge in [-0.05, 0) is 12.8 Å². The molecular weight excluding hydrogens is 356 g/mol. The predicted molar refractivity (Wildman–Crippen MR) is 111 cm³/mol. The minimum Gasteiger partial charge on any atom is -0.391 e. The van der Waals surface area contributed by atoms with Gasteiger partial charge in [-0.1, -0.05) is 78.1 Å². The summed E-state index contributed by atoms with van der Waals surface area (Å²) >= 11 is 0. The fraction of sp³-hybridized carbons (Fsp3) is 0.864. The van der Waals surface area contributed by atoms with Crippen molar-refractivity contribution < 1.29 is 19.1 Å². The quantitative estimate of drug-likeness (QED) is 0.225. The predicted octanol–water partition coefficient (Wildman–Crippen LogP) is 3.92. The number of cyclic esters (lactones) is 2. The van der Waals surface area contributed by atoms with Gasteiger partial charge in [-0.3, -0.25) is 19.3 Å². The van der Waals surface area contributed by atoms with E-state index in [0.29, 0.717) is 0 Å². The van der Waals surface area contributed by atoms with E-state index >= 15 is 0 Å². The van der Waals surface area contributed by atoms with E-state index in [1.165, 1.54) is 51.4 Å². The molecule has 1 amide bonds.